The fourth-order valence-corrected chi connectivity index (χ4v) is 4.27. The van der Waals surface area contributed by atoms with Crippen LogP contribution in [0.5, 0.6) is 0 Å². The molecular weight excluding hydrogens is 406 g/mol. The van der Waals surface area contributed by atoms with Crippen LogP contribution in [0.4, 0.5) is 10.5 Å². The Bertz CT molecular complexity index is 969. The molecule has 2 amide bonds. The Labute approximate surface area is 176 Å². The van der Waals surface area contributed by atoms with Crippen LogP contribution in [-0.2, 0) is 14.8 Å². The third kappa shape index (κ3) is 5.50. The number of amides is 2. The molecule has 0 radical (unpaired) electrons. The molecule has 3 rings (SSSR count). The van der Waals surface area contributed by atoms with Crippen LogP contribution in [0.15, 0.2) is 59.5 Å². The van der Waals surface area contributed by atoms with E-state index in [1.165, 1.54) is 12.1 Å². The first-order valence-corrected chi connectivity index (χ1v) is 11.3. The van der Waals surface area contributed by atoms with Crippen LogP contribution in [0.1, 0.15) is 30.1 Å². The molecule has 2 aromatic rings. The summed E-state index contributed by atoms with van der Waals surface area (Å²) in [6.45, 7) is 3.17. The lowest BCUT2D eigenvalue weighted by Crippen LogP contribution is -2.46. The molecule has 2 N–H and O–H groups in total. The normalized spacial score (nSPS) is 14.8. The smallest absolute Gasteiger partial charge is 0.409 e. The average Bonchev–Trinajstić information content (AvgIpc) is 2.75. The highest BCUT2D eigenvalue weighted by Gasteiger charge is 2.24. The van der Waals surface area contributed by atoms with Crippen molar-refractivity contribution < 1.29 is 22.7 Å². The summed E-state index contributed by atoms with van der Waals surface area (Å²) in [7, 11) is -3.68. The van der Waals surface area contributed by atoms with Crippen LogP contribution in [0.2, 0.25) is 0 Å². The number of hydrogen-bond acceptors (Lipinski definition) is 5. The van der Waals surface area contributed by atoms with Crippen LogP contribution in [0.25, 0.3) is 0 Å². The molecule has 9 heteroatoms. The van der Waals surface area contributed by atoms with E-state index < -0.39 is 10.0 Å². The van der Waals surface area contributed by atoms with Gasteiger partial charge < -0.3 is 15.0 Å². The van der Waals surface area contributed by atoms with Crippen molar-refractivity contribution in [2.24, 2.45) is 0 Å². The number of rotatable bonds is 6. The molecule has 0 saturated carbocycles. The zero-order valence-electron chi connectivity index (χ0n) is 16.7. The number of benzene rings is 2. The summed E-state index contributed by atoms with van der Waals surface area (Å²) < 4.78 is 32.2. The number of likely N-dealkylation sites (tertiary alicyclic amines) is 1. The Kier molecular flexibility index (Phi) is 6.94. The Morgan fingerprint density at radius 1 is 1.03 bits per heavy atom. The van der Waals surface area contributed by atoms with Crippen molar-refractivity contribution in [1.29, 1.82) is 0 Å². The molecule has 2 aromatic carbocycles. The van der Waals surface area contributed by atoms with Gasteiger partial charge in [-0.3, -0.25) is 9.52 Å². The molecule has 8 nitrogen and oxygen atoms in total. The summed E-state index contributed by atoms with van der Waals surface area (Å²) in [6.07, 6.45) is 0.981. The van der Waals surface area contributed by atoms with Crippen LogP contribution in [-0.4, -0.2) is 51.1 Å². The van der Waals surface area contributed by atoms with Gasteiger partial charge in [0.25, 0.3) is 15.9 Å². The molecule has 160 valence electrons. The van der Waals surface area contributed by atoms with Crippen molar-refractivity contribution in [3.05, 3.63) is 60.2 Å². The van der Waals surface area contributed by atoms with Gasteiger partial charge in [0, 0.05) is 30.4 Å². The molecule has 1 saturated heterocycles. The average molecular weight is 432 g/mol. The van der Waals surface area contributed by atoms with Crippen LogP contribution < -0.4 is 10.0 Å². The molecular formula is C21H25N3O5S. The van der Waals surface area contributed by atoms with Crippen LogP contribution in [0, 0.1) is 0 Å². The van der Waals surface area contributed by atoms with Crippen molar-refractivity contribution >= 4 is 27.7 Å². The molecule has 0 aromatic heterocycles. The summed E-state index contributed by atoms with van der Waals surface area (Å²) in [5, 5.41) is 2.96. The largest absolute Gasteiger partial charge is 0.450 e. The topological polar surface area (TPSA) is 105 Å². The predicted molar refractivity (Wildman–Crippen MR) is 113 cm³/mol. The van der Waals surface area contributed by atoms with Gasteiger partial charge >= 0.3 is 6.09 Å². The molecule has 1 aliphatic rings. The fourth-order valence-electron chi connectivity index (χ4n) is 3.19. The lowest BCUT2D eigenvalue weighted by atomic mass is 10.0. The highest BCUT2D eigenvalue weighted by Crippen LogP contribution is 2.17. The van der Waals surface area contributed by atoms with Gasteiger partial charge in [-0.2, -0.15) is 0 Å². The lowest BCUT2D eigenvalue weighted by molar-refractivity contribution is 0.0860. The highest BCUT2D eigenvalue weighted by molar-refractivity contribution is 7.92. The summed E-state index contributed by atoms with van der Waals surface area (Å²) in [4.78, 5) is 26.0. The third-order valence-electron chi connectivity index (χ3n) is 4.81. The minimum atomic E-state index is -3.68. The van der Waals surface area contributed by atoms with Crippen LogP contribution >= 0.6 is 0 Å². The second kappa shape index (κ2) is 9.62. The first kappa shape index (κ1) is 21.6. The number of ether oxygens (including phenoxy) is 1. The molecule has 1 aliphatic heterocycles. The van der Waals surface area contributed by atoms with Gasteiger partial charge in [0.2, 0.25) is 0 Å². The van der Waals surface area contributed by atoms with Crippen LogP contribution in [0.3, 0.4) is 0 Å². The van der Waals surface area contributed by atoms with E-state index in [0.717, 1.165) is 0 Å². The van der Waals surface area contributed by atoms with E-state index in [1.54, 1.807) is 54.3 Å². The van der Waals surface area contributed by atoms with E-state index in [0.29, 0.717) is 43.8 Å². The molecule has 0 atom stereocenters. The number of sulfonamides is 1. The minimum absolute atomic E-state index is 0.0283. The van der Waals surface area contributed by atoms with Gasteiger partial charge in [-0.25, -0.2) is 13.2 Å². The van der Waals surface area contributed by atoms with Crippen molar-refractivity contribution in [2.75, 3.05) is 24.4 Å². The van der Waals surface area contributed by atoms with E-state index in [1.807, 2.05) is 0 Å². The number of carbonyl (C=O) groups excluding carboxylic acids is 2. The Hall–Kier alpha value is -3.07. The van der Waals surface area contributed by atoms with E-state index in [4.69, 9.17) is 4.74 Å². The number of hydrogen-bond donors (Lipinski definition) is 2. The zero-order chi connectivity index (χ0) is 21.6. The molecule has 0 aliphatic carbocycles. The minimum Gasteiger partial charge on any atom is -0.450 e. The van der Waals surface area contributed by atoms with E-state index >= 15 is 0 Å². The van der Waals surface area contributed by atoms with Gasteiger partial charge in [0.15, 0.2) is 0 Å². The maximum Gasteiger partial charge on any atom is 0.409 e. The van der Waals surface area contributed by atoms with Gasteiger partial charge in [-0.05, 0) is 56.2 Å². The standard InChI is InChI=1S/C21H25N3O5S/c1-2-29-21(26)24-14-12-17(13-15-24)22-20(25)16-8-10-18(11-9-16)23-30(27,28)19-6-4-3-5-7-19/h3-11,17,23H,2,12-15H2,1H3,(H,22,25). The van der Waals surface area contributed by atoms with Crippen molar-refractivity contribution in [1.82, 2.24) is 10.2 Å². The molecule has 0 bridgehead atoms. The number of piperidine rings is 1. The maximum atomic E-state index is 12.5. The Morgan fingerprint density at radius 2 is 1.67 bits per heavy atom. The quantitative estimate of drug-likeness (QED) is 0.732. The first-order chi connectivity index (χ1) is 14.4. The molecule has 0 unspecified atom stereocenters. The maximum absolute atomic E-state index is 12.5. The third-order valence-corrected chi connectivity index (χ3v) is 6.21. The SMILES string of the molecule is CCOC(=O)N1CCC(NC(=O)c2ccc(NS(=O)(=O)c3ccccc3)cc2)CC1. The Morgan fingerprint density at radius 3 is 2.27 bits per heavy atom. The summed E-state index contributed by atoms with van der Waals surface area (Å²) in [5.41, 5.74) is 0.809. The van der Waals surface area contributed by atoms with Gasteiger partial charge in [-0.1, -0.05) is 18.2 Å². The summed E-state index contributed by atoms with van der Waals surface area (Å²) in [5.74, 6) is -0.234. The predicted octanol–water partition coefficient (Wildman–Crippen LogP) is 2.84. The monoisotopic (exact) mass is 431 g/mol. The molecule has 1 fully saturated rings. The fraction of sp³-hybridized carbons (Fsp3) is 0.333. The zero-order valence-corrected chi connectivity index (χ0v) is 17.5. The second-order valence-corrected chi connectivity index (χ2v) is 8.61. The number of nitrogens with zero attached hydrogens (tertiary/aromatic N) is 1. The number of anilines is 1. The van der Waals surface area contributed by atoms with E-state index in [2.05, 4.69) is 10.0 Å². The Balaban J connectivity index is 1.54. The summed E-state index contributed by atoms with van der Waals surface area (Å²) >= 11 is 0. The van der Waals surface area contributed by atoms with Crippen molar-refractivity contribution in [2.45, 2.75) is 30.7 Å². The highest BCUT2D eigenvalue weighted by atomic mass is 32.2. The molecule has 30 heavy (non-hydrogen) atoms. The molecule has 0 spiro atoms. The van der Waals surface area contributed by atoms with Crippen molar-refractivity contribution in [3.8, 4) is 0 Å². The van der Waals surface area contributed by atoms with Gasteiger partial charge in [-0.15, -0.1) is 0 Å². The van der Waals surface area contributed by atoms with E-state index in [9.17, 15) is 18.0 Å². The van der Waals surface area contributed by atoms with E-state index in [-0.39, 0.29) is 22.9 Å². The number of carbonyl (C=O) groups is 2. The molecule has 1 heterocycles. The van der Waals surface area contributed by atoms with Gasteiger partial charge in [0.05, 0.1) is 11.5 Å². The first-order valence-electron chi connectivity index (χ1n) is 9.79. The van der Waals surface area contributed by atoms with Crippen molar-refractivity contribution in [3.63, 3.8) is 0 Å². The van der Waals surface area contributed by atoms with Gasteiger partial charge in [0.1, 0.15) is 0 Å². The lowest BCUT2D eigenvalue weighted by Gasteiger charge is -2.31. The number of nitrogens with one attached hydrogen (secondary N) is 2. The second-order valence-electron chi connectivity index (χ2n) is 6.93. The summed E-state index contributed by atoms with van der Waals surface area (Å²) in [6, 6.07) is 14.3.